The molecule has 0 aromatic heterocycles. The molecule has 8 nitrogen and oxygen atoms in total. The van der Waals surface area contributed by atoms with Crippen LogP contribution in [0.4, 0.5) is 4.79 Å². The molecular weight excluding hydrogens is 364 g/mol. The van der Waals surface area contributed by atoms with E-state index >= 15 is 0 Å². The van der Waals surface area contributed by atoms with E-state index in [9.17, 15) is 14.4 Å². The zero-order chi connectivity index (χ0) is 20.4. The van der Waals surface area contributed by atoms with E-state index in [1.807, 2.05) is 44.2 Å². The van der Waals surface area contributed by atoms with Gasteiger partial charge in [0.1, 0.15) is 19.1 Å². The van der Waals surface area contributed by atoms with Gasteiger partial charge in [-0.05, 0) is 24.3 Å². The molecule has 1 N–H and O–H groups in total. The largest absolute Gasteiger partial charge is 0.434 e. The van der Waals surface area contributed by atoms with Crippen LogP contribution in [-0.2, 0) is 30.3 Å². The van der Waals surface area contributed by atoms with Crippen molar-refractivity contribution < 1.29 is 28.7 Å². The van der Waals surface area contributed by atoms with Crippen LogP contribution in [0, 0.1) is 5.92 Å². The molecule has 1 aromatic carbocycles. The highest BCUT2D eigenvalue weighted by Gasteiger charge is 2.40. The van der Waals surface area contributed by atoms with Gasteiger partial charge in [0.15, 0.2) is 0 Å². The Morgan fingerprint density at radius 3 is 2.79 bits per heavy atom. The van der Waals surface area contributed by atoms with Crippen LogP contribution >= 0.6 is 0 Å². The molecule has 0 bridgehead atoms. The Balaban J connectivity index is 1.98. The summed E-state index contributed by atoms with van der Waals surface area (Å²) >= 11 is 0. The Bertz CT molecular complexity index is 639. The average Bonchev–Trinajstić information content (AvgIpc) is 3.02. The summed E-state index contributed by atoms with van der Waals surface area (Å²) in [5, 5.41) is 4.01. The van der Waals surface area contributed by atoms with E-state index in [2.05, 4.69) is 5.32 Å². The molecule has 3 unspecified atom stereocenters. The zero-order valence-corrected chi connectivity index (χ0v) is 16.3. The first-order valence-electron chi connectivity index (χ1n) is 9.54. The van der Waals surface area contributed by atoms with Gasteiger partial charge in [0, 0.05) is 19.4 Å². The number of ether oxygens (including phenoxy) is 2. The first kappa shape index (κ1) is 21.8. The van der Waals surface area contributed by atoms with Crippen LogP contribution in [0.1, 0.15) is 38.7 Å². The third-order valence-corrected chi connectivity index (χ3v) is 4.33. The molecule has 0 aliphatic carbocycles. The first-order valence-corrected chi connectivity index (χ1v) is 9.54. The highest BCUT2D eigenvalue weighted by atomic mass is 16.8. The van der Waals surface area contributed by atoms with E-state index in [-0.39, 0.29) is 18.6 Å². The van der Waals surface area contributed by atoms with Gasteiger partial charge in [0.2, 0.25) is 6.29 Å². The number of aldehydes is 1. The van der Waals surface area contributed by atoms with Crippen molar-refractivity contribution in [3.05, 3.63) is 35.9 Å². The van der Waals surface area contributed by atoms with Crippen molar-refractivity contribution in [1.82, 2.24) is 10.4 Å². The number of carbonyl (C=O) groups is 3. The fourth-order valence-corrected chi connectivity index (χ4v) is 2.79. The van der Waals surface area contributed by atoms with Crippen LogP contribution in [-0.4, -0.2) is 49.0 Å². The molecule has 1 saturated heterocycles. The minimum atomic E-state index is -0.818. The maximum Gasteiger partial charge on any atom is 0.426 e. The fraction of sp³-hybridized carbons (Fsp3) is 0.550. The number of amides is 1. The molecule has 1 aliphatic rings. The molecule has 3 atom stereocenters. The molecule has 154 valence electrons. The van der Waals surface area contributed by atoms with Gasteiger partial charge in [-0.1, -0.05) is 44.2 Å². The quantitative estimate of drug-likeness (QED) is 0.483. The van der Waals surface area contributed by atoms with Crippen LogP contribution in [0.5, 0.6) is 0 Å². The van der Waals surface area contributed by atoms with Crippen molar-refractivity contribution in [3.63, 3.8) is 0 Å². The van der Waals surface area contributed by atoms with Gasteiger partial charge in [-0.15, -0.1) is 5.06 Å². The molecule has 0 radical (unpaired) electrons. The average molecular weight is 392 g/mol. The van der Waals surface area contributed by atoms with Crippen LogP contribution in [0.2, 0.25) is 0 Å². The Hall–Kier alpha value is -2.45. The molecule has 1 fully saturated rings. The summed E-state index contributed by atoms with van der Waals surface area (Å²) in [6.45, 7) is 4.07. The van der Waals surface area contributed by atoms with Gasteiger partial charge >= 0.3 is 12.1 Å². The van der Waals surface area contributed by atoms with E-state index in [0.717, 1.165) is 11.8 Å². The lowest BCUT2D eigenvalue weighted by Crippen LogP contribution is -2.43. The standard InChI is InChI=1S/C20H28N2O6/c1-3-7-18(24)27-19-17(12-16-8-5-4-6-9-16)22(14-26-19)28-20(25)21-13-15(2)10-11-23/h4-6,8-9,11,15,17,19H,3,7,10,12-14H2,1-2H3,(H,21,25). The van der Waals surface area contributed by atoms with Crippen molar-refractivity contribution >= 4 is 18.3 Å². The number of hydroxylamine groups is 2. The molecule has 0 saturated carbocycles. The summed E-state index contributed by atoms with van der Waals surface area (Å²) in [4.78, 5) is 39.9. The third kappa shape index (κ3) is 6.94. The predicted molar refractivity (Wildman–Crippen MR) is 101 cm³/mol. The Kier molecular flexibility index (Phi) is 8.90. The lowest BCUT2D eigenvalue weighted by molar-refractivity contribution is -0.172. The minimum Gasteiger partial charge on any atom is -0.434 e. The molecule has 1 aromatic rings. The minimum absolute atomic E-state index is 0.00111. The van der Waals surface area contributed by atoms with Gasteiger partial charge in [-0.2, -0.15) is 0 Å². The highest BCUT2D eigenvalue weighted by Crippen LogP contribution is 2.23. The number of hydrogen-bond donors (Lipinski definition) is 1. The number of esters is 1. The summed E-state index contributed by atoms with van der Waals surface area (Å²) in [5.41, 5.74) is 1.00. The number of benzene rings is 1. The summed E-state index contributed by atoms with van der Waals surface area (Å²) in [6, 6.07) is 9.17. The normalized spacial score (nSPS) is 20.4. The topological polar surface area (TPSA) is 94.2 Å². The third-order valence-electron chi connectivity index (χ3n) is 4.33. The lowest BCUT2D eigenvalue weighted by Gasteiger charge is -2.24. The molecule has 0 spiro atoms. The first-order chi connectivity index (χ1) is 13.5. The summed E-state index contributed by atoms with van der Waals surface area (Å²) in [6.07, 6.45) is 1.18. The van der Waals surface area contributed by atoms with Crippen molar-refractivity contribution in [2.24, 2.45) is 5.92 Å². The molecule has 8 heteroatoms. The van der Waals surface area contributed by atoms with Gasteiger partial charge < -0.3 is 24.4 Å². The summed E-state index contributed by atoms with van der Waals surface area (Å²) < 4.78 is 11.0. The van der Waals surface area contributed by atoms with Crippen LogP contribution < -0.4 is 5.32 Å². The van der Waals surface area contributed by atoms with Crippen molar-refractivity contribution in [1.29, 1.82) is 0 Å². The van der Waals surface area contributed by atoms with E-state index in [1.54, 1.807) is 0 Å². The Labute approximate surface area is 165 Å². The lowest BCUT2D eigenvalue weighted by atomic mass is 10.1. The molecule has 1 aliphatic heterocycles. The van der Waals surface area contributed by atoms with Crippen LogP contribution in [0.25, 0.3) is 0 Å². The predicted octanol–water partition coefficient (Wildman–Crippen LogP) is 2.42. The van der Waals surface area contributed by atoms with Gasteiger partial charge in [0.25, 0.3) is 0 Å². The second-order valence-corrected chi connectivity index (χ2v) is 6.85. The van der Waals surface area contributed by atoms with Gasteiger partial charge in [-0.25, -0.2) is 4.79 Å². The van der Waals surface area contributed by atoms with E-state index in [0.29, 0.717) is 32.2 Å². The fourth-order valence-electron chi connectivity index (χ4n) is 2.79. The molecule has 2 rings (SSSR count). The van der Waals surface area contributed by atoms with Gasteiger partial charge in [0.05, 0.1) is 0 Å². The number of hydrogen-bond acceptors (Lipinski definition) is 7. The number of carbonyl (C=O) groups excluding carboxylic acids is 3. The molecule has 1 amide bonds. The summed E-state index contributed by atoms with van der Waals surface area (Å²) in [7, 11) is 0. The second-order valence-electron chi connectivity index (χ2n) is 6.85. The molecular formula is C20H28N2O6. The smallest absolute Gasteiger partial charge is 0.426 e. The van der Waals surface area contributed by atoms with E-state index in [4.69, 9.17) is 14.3 Å². The monoisotopic (exact) mass is 392 g/mol. The molecule has 1 heterocycles. The number of nitrogens with one attached hydrogen (secondary N) is 1. The number of nitrogens with zero attached hydrogens (tertiary/aromatic N) is 1. The van der Waals surface area contributed by atoms with Crippen molar-refractivity contribution in [3.8, 4) is 0 Å². The van der Waals surface area contributed by atoms with Crippen molar-refractivity contribution in [2.75, 3.05) is 13.3 Å². The number of rotatable bonds is 10. The molecule has 28 heavy (non-hydrogen) atoms. The Morgan fingerprint density at radius 2 is 2.11 bits per heavy atom. The van der Waals surface area contributed by atoms with Crippen LogP contribution in [0.3, 0.4) is 0 Å². The van der Waals surface area contributed by atoms with Crippen LogP contribution in [0.15, 0.2) is 30.3 Å². The van der Waals surface area contributed by atoms with Crippen molar-refractivity contribution in [2.45, 2.75) is 51.9 Å². The van der Waals surface area contributed by atoms with E-state index < -0.39 is 18.4 Å². The summed E-state index contributed by atoms with van der Waals surface area (Å²) in [5.74, 6) is -0.331. The maximum atomic E-state index is 12.1. The highest BCUT2D eigenvalue weighted by molar-refractivity contribution is 5.69. The van der Waals surface area contributed by atoms with Gasteiger partial charge in [-0.3, -0.25) is 4.79 Å². The zero-order valence-electron chi connectivity index (χ0n) is 16.3. The maximum absolute atomic E-state index is 12.1. The second kappa shape index (κ2) is 11.4. The SMILES string of the molecule is CCCC(=O)OC1OCN(OC(=O)NCC(C)CC=O)C1Cc1ccccc1. The Morgan fingerprint density at radius 1 is 1.36 bits per heavy atom. The van der Waals surface area contributed by atoms with E-state index in [1.165, 1.54) is 5.06 Å².